The van der Waals surface area contributed by atoms with E-state index < -0.39 is 18.5 Å². The Balaban J connectivity index is 2.45. The maximum absolute atomic E-state index is 11.6. The molecule has 0 saturated heterocycles. The molecule has 0 saturated carbocycles. The Morgan fingerprint density at radius 1 is 1.29 bits per heavy atom. The van der Waals surface area contributed by atoms with E-state index in [1.165, 1.54) is 7.05 Å². The first kappa shape index (κ1) is 13.0. The first-order valence-corrected chi connectivity index (χ1v) is 5.12. The summed E-state index contributed by atoms with van der Waals surface area (Å²) in [6, 6.07) is 8.90. The van der Waals surface area contributed by atoms with Gasteiger partial charge in [-0.2, -0.15) is 0 Å². The number of carbonyl (C=O) groups excluding carboxylic acids is 1. The van der Waals surface area contributed by atoms with Crippen LogP contribution in [-0.4, -0.2) is 35.7 Å². The van der Waals surface area contributed by atoms with Crippen molar-refractivity contribution in [1.29, 1.82) is 0 Å². The van der Waals surface area contributed by atoms with E-state index in [2.05, 4.69) is 10.7 Å². The third kappa shape index (κ3) is 4.52. The zero-order valence-corrected chi connectivity index (χ0v) is 9.51. The normalized spacial score (nSPS) is 9.71. The maximum Gasteiger partial charge on any atom is 0.332 e. The Hall–Kier alpha value is -2.08. The van der Waals surface area contributed by atoms with Gasteiger partial charge in [-0.25, -0.2) is 15.2 Å². The van der Waals surface area contributed by atoms with E-state index >= 15 is 0 Å². The summed E-state index contributed by atoms with van der Waals surface area (Å²) in [5.74, 6) is -1.07. The summed E-state index contributed by atoms with van der Waals surface area (Å²) < 4.78 is 0. The van der Waals surface area contributed by atoms with Gasteiger partial charge in [0, 0.05) is 13.6 Å². The summed E-state index contributed by atoms with van der Waals surface area (Å²) >= 11 is 0. The van der Waals surface area contributed by atoms with Gasteiger partial charge in [-0.3, -0.25) is 4.79 Å². The highest BCUT2D eigenvalue weighted by Crippen LogP contribution is 1.97. The monoisotopic (exact) mass is 237 g/mol. The molecule has 2 amide bonds. The fourth-order valence-electron chi connectivity index (χ4n) is 1.26. The van der Waals surface area contributed by atoms with Crippen LogP contribution in [0, 0.1) is 0 Å². The Kier molecular flexibility index (Phi) is 4.96. The van der Waals surface area contributed by atoms with Gasteiger partial charge < -0.3 is 10.4 Å². The number of benzene rings is 1. The molecule has 0 radical (unpaired) electrons. The van der Waals surface area contributed by atoms with E-state index in [1.807, 2.05) is 30.3 Å². The predicted molar refractivity (Wildman–Crippen MR) is 62.1 cm³/mol. The molecule has 92 valence electrons. The van der Waals surface area contributed by atoms with Gasteiger partial charge in [0.2, 0.25) is 0 Å². The lowest BCUT2D eigenvalue weighted by molar-refractivity contribution is -0.138. The lowest BCUT2D eigenvalue weighted by atomic mass is 10.2. The number of carboxylic acid groups (broad SMARTS) is 1. The quantitative estimate of drug-likeness (QED) is 0.648. The van der Waals surface area contributed by atoms with Crippen LogP contribution < -0.4 is 10.7 Å². The molecule has 6 heteroatoms. The SMILES string of the molecule is CNN(CC(=O)O)C(=O)NCc1ccccc1. The summed E-state index contributed by atoms with van der Waals surface area (Å²) in [7, 11) is 1.49. The zero-order valence-electron chi connectivity index (χ0n) is 9.51. The van der Waals surface area contributed by atoms with Crippen molar-refractivity contribution in [3.63, 3.8) is 0 Å². The molecule has 0 aliphatic rings. The summed E-state index contributed by atoms with van der Waals surface area (Å²) in [5.41, 5.74) is 3.46. The average Bonchev–Trinajstić information content (AvgIpc) is 2.34. The number of nitrogens with one attached hydrogen (secondary N) is 2. The molecule has 0 fully saturated rings. The Labute approximate surface area is 99.2 Å². The highest BCUT2D eigenvalue weighted by molar-refractivity contribution is 5.79. The first-order chi connectivity index (χ1) is 8.13. The van der Waals surface area contributed by atoms with Crippen LogP contribution in [0.1, 0.15) is 5.56 Å². The number of urea groups is 1. The Morgan fingerprint density at radius 2 is 1.94 bits per heavy atom. The molecule has 1 rings (SSSR count). The molecule has 0 bridgehead atoms. The van der Waals surface area contributed by atoms with Crippen molar-refractivity contribution >= 4 is 12.0 Å². The molecule has 0 aliphatic heterocycles. The van der Waals surface area contributed by atoms with Crippen LogP contribution in [0.2, 0.25) is 0 Å². The molecule has 0 heterocycles. The molecule has 3 N–H and O–H groups in total. The largest absolute Gasteiger partial charge is 0.480 e. The van der Waals surface area contributed by atoms with Gasteiger partial charge in [0.25, 0.3) is 0 Å². The van der Waals surface area contributed by atoms with Crippen LogP contribution in [-0.2, 0) is 11.3 Å². The number of carbonyl (C=O) groups is 2. The van der Waals surface area contributed by atoms with Gasteiger partial charge >= 0.3 is 12.0 Å². The van der Waals surface area contributed by atoms with Crippen molar-refractivity contribution < 1.29 is 14.7 Å². The number of hydrogen-bond donors (Lipinski definition) is 3. The first-order valence-electron chi connectivity index (χ1n) is 5.12. The van der Waals surface area contributed by atoms with Crippen LogP contribution in [0.4, 0.5) is 4.79 Å². The Bertz CT molecular complexity index is 381. The topological polar surface area (TPSA) is 81.7 Å². The highest BCUT2D eigenvalue weighted by Gasteiger charge is 2.14. The molecular formula is C11H15N3O3. The molecule has 17 heavy (non-hydrogen) atoms. The zero-order chi connectivity index (χ0) is 12.7. The van der Waals surface area contributed by atoms with Crippen molar-refractivity contribution in [3.05, 3.63) is 35.9 Å². The van der Waals surface area contributed by atoms with E-state index in [9.17, 15) is 9.59 Å². The van der Waals surface area contributed by atoms with Gasteiger partial charge in [-0.1, -0.05) is 30.3 Å². The standard InChI is InChI=1S/C11H15N3O3/c1-12-14(8-10(15)16)11(17)13-7-9-5-3-2-4-6-9/h2-6,12H,7-8H2,1H3,(H,13,17)(H,15,16). The minimum atomic E-state index is -1.07. The van der Waals surface area contributed by atoms with E-state index in [4.69, 9.17) is 5.11 Å². The van der Waals surface area contributed by atoms with Crippen LogP contribution in [0.5, 0.6) is 0 Å². The van der Waals surface area contributed by atoms with Gasteiger partial charge in [0.05, 0.1) is 0 Å². The molecule has 1 aromatic carbocycles. The number of rotatable bonds is 5. The van der Waals surface area contributed by atoms with Crippen LogP contribution in [0.3, 0.4) is 0 Å². The van der Waals surface area contributed by atoms with E-state index in [1.54, 1.807) is 0 Å². The molecule has 0 atom stereocenters. The highest BCUT2D eigenvalue weighted by atomic mass is 16.4. The third-order valence-corrected chi connectivity index (χ3v) is 2.10. The lowest BCUT2D eigenvalue weighted by Gasteiger charge is -2.19. The van der Waals surface area contributed by atoms with Gasteiger partial charge in [-0.05, 0) is 5.56 Å². The third-order valence-electron chi connectivity index (χ3n) is 2.10. The summed E-state index contributed by atoms with van der Waals surface area (Å²) in [4.78, 5) is 22.1. The number of amides is 2. The second-order valence-electron chi connectivity index (χ2n) is 3.35. The van der Waals surface area contributed by atoms with Crippen LogP contribution in [0.15, 0.2) is 30.3 Å². The minimum absolute atomic E-state index is 0.359. The van der Waals surface area contributed by atoms with E-state index in [0.717, 1.165) is 10.6 Å². The van der Waals surface area contributed by atoms with Gasteiger partial charge in [0.15, 0.2) is 0 Å². The molecule has 0 aromatic heterocycles. The molecule has 1 aromatic rings. The van der Waals surface area contributed by atoms with E-state index in [-0.39, 0.29) is 0 Å². The lowest BCUT2D eigenvalue weighted by Crippen LogP contribution is -2.48. The molecule has 6 nitrogen and oxygen atoms in total. The molecule has 0 aliphatic carbocycles. The number of nitrogens with zero attached hydrogens (tertiary/aromatic N) is 1. The number of hydrogen-bond acceptors (Lipinski definition) is 3. The molecule has 0 spiro atoms. The second kappa shape index (κ2) is 6.49. The molecular weight excluding hydrogens is 222 g/mol. The number of aliphatic carboxylic acids is 1. The van der Waals surface area contributed by atoms with E-state index in [0.29, 0.717) is 6.54 Å². The fourth-order valence-corrected chi connectivity index (χ4v) is 1.26. The van der Waals surface area contributed by atoms with Crippen molar-refractivity contribution in [2.24, 2.45) is 0 Å². The van der Waals surface area contributed by atoms with Crippen molar-refractivity contribution in [2.75, 3.05) is 13.6 Å². The van der Waals surface area contributed by atoms with Crippen LogP contribution in [0.25, 0.3) is 0 Å². The van der Waals surface area contributed by atoms with Crippen molar-refractivity contribution in [1.82, 2.24) is 15.8 Å². The number of carboxylic acids is 1. The second-order valence-corrected chi connectivity index (χ2v) is 3.35. The minimum Gasteiger partial charge on any atom is -0.480 e. The summed E-state index contributed by atoms with van der Waals surface area (Å²) in [6.45, 7) is -0.0331. The maximum atomic E-state index is 11.6. The Morgan fingerprint density at radius 3 is 2.47 bits per heavy atom. The molecule has 0 unspecified atom stereocenters. The van der Waals surface area contributed by atoms with Gasteiger partial charge in [0.1, 0.15) is 6.54 Å². The fraction of sp³-hybridized carbons (Fsp3) is 0.273. The van der Waals surface area contributed by atoms with Crippen molar-refractivity contribution in [2.45, 2.75) is 6.54 Å². The predicted octanol–water partition coefficient (Wildman–Crippen LogP) is 0.417. The van der Waals surface area contributed by atoms with Crippen LogP contribution >= 0.6 is 0 Å². The summed E-state index contributed by atoms with van der Waals surface area (Å²) in [6.07, 6.45) is 0. The number of hydrazine groups is 1. The summed E-state index contributed by atoms with van der Waals surface area (Å²) in [5, 5.41) is 12.2. The van der Waals surface area contributed by atoms with Crippen molar-refractivity contribution in [3.8, 4) is 0 Å². The smallest absolute Gasteiger partial charge is 0.332 e. The average molecular weight is 237 g/mol. The van der Waals surface area contributed by atoms with Gasteiger partial charge in [-0.15, -0.1) is 0 Å².